The highest BCUT2D eigenvalue weighted by Crippen LogP contribution is 2.63. The Morgan fingerprint density at radius 2 is 1.33 bits per heavy atom. The van der Waals surface area contributed by atoms with E-state index >= 15 is 0 Å². The van der Waals surface area contributed by atoms with Crippen molar-refractivity contribution in [3.05, 3.63) is 35.4 Å². The van der Waals surface area contributed by atoms with Crippen molar-refractivity contribution in [3.63, 3.8) is 0 Å². The van der Waals surface area contributed by atoms with Crippen LogP contribution < -0.4 is 5.32 Å². The topological polar surface area (TPSA) is 29.1 Å². The van der Waals surface area contributed by atoms with Crippen molar-refractivity contribution in [1.82, 2.24) is 5.32 Å². The number of unbranched alkanes of at least 4 members (excludes halogenated alkanes) is 3. The van der Waals surface area contributed by atoms with Gasteiger partial charge in [0.1, 0.15) is 0 Å². The molecule has 3 heteroatoms. The average molecular weight is 351 g/mol. The Balaban J connectivity index is 2.92. The second-order valence-electron chi connectivity index (χ2n) is 7.01. The van der Waals surface area contributed by atoms with Gasteiger partial charge in [0.25, 0.3) is 5.91 Å². The third-order valence-electron chi connectivity index (χ3n) is 4.92. The van der Waals surface area contributed by atoms with E-state index in [0.29, 0.717) is 0 Å². The van der Waals surface area contributed by atoms with Gasteiger partial charge in [-0.1, -0.05) is 52.2 Å². The van der Waals surface area contributed by atoms with Gasteiger partial charge in [-0.25, -0.2) is 0 Å². The fraction of sp³-hybridized carbons (Fsp3) is 0.667. The van der Waals surface area contributed by atoms with E-state index in [9.17, 15) is 4.79 Å². The summed E-state index contributed by atoms with van der Waals surface area (Å²) in [6.07, 6.45) is 13.6. The lowest BCUT2D eigenvalue weighted by molar-refractivity contribution is 0.0963. The molecule has 0 aliphatic heterocycles. The highest BCUT2D eigenvalue weighted by atomic mass is 31.2. The standard InChI is InChI=1S/C21H36NOP/c1-5-8-15-24(16-9-6-2,17-10-7-3)18-19-11-13-20(14-12-19)21(23)22-4/h11-14H,5-10,15-18H2,1-4H3/p+1. The van der Waals surface area contributed by atoms with Crippen molar-refractivity contribution in [2.75, 3.05) is 25.5 Å². The highest BCUT2D eigenvalue weighted by molar-refractivity contribution is 7.75. The maximum absolute atomic E-state index is 11.7. The van der Waals surface area contributed by atoms with Gasteiger partial charge < -0.3 is 5.32 Å². The Labute approximate surface area is 150 Å². The number of hydrogen-bond donors (Lipinski definition) is 1. The van der Waals surface area contributed by atoms with Gasteiger partial charge in [-0.15, -0.1) is 0 Å². The van der Waals surface area contributed by atoms with Gasteiger partial charge in [-0.2, -0.15) is 0 Å². The van der Waals surface area contributed by atoms with E-state index in [2.05, 4.69) is 38.2 Å². The number of rotatable bonds is 12. The molecule has 0 atom stereocenters. The summed E-state index contributed by atoms with van der Waals surface area (Å²) in [5.74, 6) is 0.00515. The van der Waals surface area contributed by atoms with Crippen LogP contribution in [-0.2, 0) is 6.16 Å². The lowest BCUT2D eigenvalue weighted by Crippen LogP contribution is -2.17. The minimum absolute atomic E-state index is 0.00515. The Bertz CT molecular complexity index is 447. The summed E-state index contributed by atoms with van der Waals surface area (Å²) in [4.78, 5) is 11.7. The molecule has 0 unspecified atom stereocenters. The van der Waals surface area contributed by atoms with Crippen molar-refractivity contribution in [2.24, 2.45) is 0 Å². The van der Waals surface area contributed by atoms with E-state index in [0.717, 1.165) is 5.56 Å². The maximum atomic E-state index is 11.7. The number of benzene rings is 1. The first kappa shape index (κ1) is 21.2. The predicted octanol–water partition coefficient (Wildman–Crippen LogP) is 5.96. The fourth-order valence-electron chi connectivity index (χ4n) is 3.35. The molecule has 0 bridgehead atoms. The van der Waals surface area contributed by atoms with Crippen molar-refractivity contribution < 1.29 is 4.79 Å². The highest BCUT2D eigenvalue weighted by Gasteiger charge is 2.35. The van der Waals surface area contributed by atoms with E-state index in [-0.39, 0.29) is 5.91 Å². The Morgan fingerprint density at radius 1 is 0.875 bits per heavy atom. The molecular formula is C21H37NOP+. The van der Waals surface area contributed by atoms with Gasteiger partial charge >= 0.3 is 0 Å². The molecule has 2 nitrogen and oxygen atoms in total. The van der Waals surface area contributed by atoms with Crippen LogP contribution in [0.4, 0.5) is 0 Å². The molecule has 1 N–H and O–H groups in total. The monoisotopic (exact) mass is 350 g/mol. The zero-order valence-corrected chi connectivity index (χ0v) is 17.1. The SMILES string of the molecule is CCCC[P+](CCCC)(CCCC)Cc1ccc(C(=O)NC)cc1. The van der Waals surface area contributed by atoms with Gasteiger partial charge in [0.2, 0.25) is 0 Å². The van der Waals surface area contributed by atoms with Crippen LogP contribution in [0.2, 0.25) is 0 Å². The molecule has 0 saturated heterocycles. The molecule has 0 spiro atoms. The first-order chi connectivity index (χ1) is 11.6. The van der Waals surface area contributed by atoms with Crippen molar-refractivity contribution >= 4 is 13.2 Å². The zero-order chi connectivity index (χ0) is 17.8. The average Bonchev–Trinajstić information content (AvgIpc) is 2.62. The third-order valence-corrected chi connectivity index (χ3v) is 9.75. The van der Waals surface area contributed by atoms with E-state index < -0.39 is 7.26 Å². The second kappa shape index (κ2) is 11.6. The van der Waals surface area contributed by atoms with Crippen LogP contribution >= 0.6 is 7.26 Å². The molecule has 0 saturated carbocycles. The summed E-state index contributed by atoms with van der Waals surface area (Å²) < 4.78 is 0. The molecular weight excluding hydrogens is 313 g/mol. The molecule has 0 heterocycles. The number of carbonyl (C=O) groups is 1. The quantitative estimate of drug-likeness (QED) is 0.463. The van der Waals surface area contributed by atoms with Crippen molar-refractivity contribution in [3.8, 4) is 0 Å². The van der Waals surface area contributed by atoms with E-state index in [1.54, 1.807) is 7.05 Å². The molecule has 1 aromatic rings. The Kier molecular flexibility index (Phi) is 10.3. The fourth-order valence-corrected chi connectivity index (χ4v) is 8.44. The maximum Gasteiger partial charge on any atom is 0.251 e. The second-order valence-corrected chi connectivity index (χ2v) is 11.3. The van der Waals surface area contributed by atoms with Gasteiger partial charge in [0, 0.05) is 19.9 Å². The largest absolute Gasteiger partial charge is 0.355 e. The molecule has 136 valence electrons. The lowest BCUT2D eigenvalue weighted by Gasteiger charge is -2.28. The molecule has 1 amide bonds. The molecule has 1 aromatic carbocycles. The van der Waals surface area contributed by atoms with Crippen LogP contribution in [-0.4, -0.2) is 31.4 Å². The van der Waals surface area contributed by atoms with Gasteiger partial charge in [-0.05, 0) is 37.0 Å². The zero-order valence-electron chi connectivity index (χ0n) is 16.2. The molecule has 0 aliphatic rings. The van der Waals surface area contributed by atoms with Crippen LogP contribution in [0.15, 0.2) is 24.3 Å². The Hall–Kier alpha value is -0.880. The van der Waals surface area contributed by atoms with E-state index in [1.807, 2.05) is 12.1 Å². The van der Waals surface area contributed by atoms with Gasteiger partial charge in [-0.3, -0.25) is 4.79 Å². The van der Waals surface area contributed by atoms with Crippen LogP contribution in [0.5, 0.6) is 0 Å². The van der Waals surface area contributed by atoms with Crippen molar-refractivity contribution in [1.29, 1.82) is 0 Å². The molecule has 1 rings (SSSR count). The number of carbonyl (C=O) groups excluding carboxylic acids is 1. The van der Waals surface area contributed by atoms with Crippen LogP contribution in [0, 0.1) is 0 Å². The Morgan fingerprint density at radius 3 is 1.71 bits per heavy atom. The minimum atomic E-state index is -0.914. The van der Waals surface area contributed by atoms with Gasteiger partial charge in [0.05, 0.1) is 24.6 Å². The van der Waals surface area contributed by atoms with Gasteiger partial charge in [0.15, 0.2) is 0 Å². The summed E-state index contributed by atoms with van der Waals surface area (Å²) >= 11 is 0. The first-order valence-corrected chi connectivity index (χ1v) is 12.3. The van der Waals surface area contributed by atoms with Crippen LogP contribution in [0.1, 0.15) is 75.2 Å². The number of amides is 1. The number of nitrogens with one attached hydrogen (secondary N) is 1. The predicted molar refractivity (Wildman–Crippen MR) is 110 cm³/mol. The minimum Gasteiger partial charge on any atom is -0.355 e. The molecule has 0 aromatic heterocycles. The number of hydrogen-bond acceptors (Lipinski definition) is 1. The molecule has 0 radical (unpaired) electrons. The summed E-state index contributed by atoms with van der Waals surface area (Å²) in [5.41, 5.74) is 2.19. The molecule has 24 heavy (non-hydrogen) atoms. The summed E-state index contributed by atoms with van der Waals surface area (Å²) in [6, 6.07) is 8.34. The van der Waals surface area contributed by atoms with Crippen LogP contribution in [0.25, 0.3) is 0 Å². The third kappa shape index (κ3) is 6.93. The van der Waals surface area contributed by atoms with E-state index in [1.165, 1.54) is 68.7 Å². The summed E-state index contributed by atoms with van der Waals surface area (Å²) in [6.45, 7) is 6.94. The van der Waals surface area contributed by atoms with E-state index in [4.69, 9.17) is 0 Å². The summed E-state index contributed by atoms with van der Waals surface area (Å²) in [7, 11) is 0.774. The first-order valence-electron chi connectivity index (χ1n) is 9.77. The van der Waals surface area contributed by atoms with Crippen molar-refractivity contribution in [2.45, 2.75) is 65.5 Å². The summed E-state index contributed by atoms with van der Waals surface area (Å²) in [5, 5.41) is 2.70. The molecule has 0 fully saturated rings. The van der Waals surface area contributed by atoms with Crippen LogP contribution in [0.3, 0.4) is 0 Å². The molecule has 0 aliphatic carbocycles. The normalized spacial score (nSPS) is 11.5. The lowest BCUT2D eigenvalue weighted by atomic mass is 10.1. The smallest absolute Gasteiger partial charge is 0.251 e.